The SMILES string of the molecule is CCOC(=O)c1cc(-c2cn3nccc3c(-c3cnn(C4CC(OC)C4)c3)n2)n[nH]1. The minimum absolute atomic E-state index is 0.279. The van der Waals surface area contributed by atoms with Crippen molar-refractivity contribution in [1.82, 2.24) is 34.6 Å². The molecule has 0 aromatic carbocycles. The Morgan fingerprint density at radius 1 is 1.27 bits per heavy atom. The normalized spacial score (nSPS) is 18.5. The fraction of sp³-hybridized carbons (Fsp3) is 0.350. The first-order chi connectivity index (χ1) is 14.7. The van der Waals surface area contributed by atoms with Crippen molar-refractivity contribution in [2.75, 3.05) is 13.7 Å². The van der Waals surface area contributed by atoms with Gasteiger partial charge in [0.2, 0.25) is 0 Å². The van der Waals surface area contributed by atoms with Crippen molar-refractivity contribution < 1.29 is 14.3 Å². The Labute approximate surface area is 171 Å². The van der Waals surface area contributed by atoms with Gasteiger partial charge in [-0.05, 0) is 25.8 Å². The number of rotatable bonds is 6. The first-order valence-electron chi connectivity index (χ1n) is 9.81. The summed E-state index contributed by atoms with van der Waals surface area (Å²) in [6.45, 7) is 2.05. The second kappa shape index (κ2) is 7.38. The predicted molar refractivity (Wildman–Crippen MR) is 107 cm³/mol. The molecule has 0 radical (unpaired) electrons. The van der Waals surface area contributed by atoms with Gasteiger partial charge in [0.15, 0.2) is 0 Å². The summed E-state index contributed by atoms with van der Waals surface area (Å²) in [6, 6.07) is 3.87. The first kappa shape index (κ1) is 18.5. The molecule has 1 saturated carbocycles. The summed E-state index contributed by atoms with van der Waals surface area (Å²) >= 11 is 0. The standard InChI is InChI=1S/C20H21N7O3/c1-3-30-20(28)16-8-15(24-25-16)17-11-27-18(4-5-21-27)19(23-17)12-9-22-26(10-12)13-6-14(7-13)29-2/h4-5,8-11,13-14H,3,6-7H2,1-2H3,(H,24,25). The molecule has 5 rings (SSSR count). The highest BCUT2D eigenvalue weighted by Crippen LogP contribution is 2.35. The van der Waals surface area contributed by atoms with Gasteiger partial charge in [-0.25, -0.2) is 14.3 Å². The third-order valence-electron chi connectivity index (χ3n) is 5.38. The van der Waals surface area contributed by atoms with Crippen molar-refractivity contribution in [2.45, 2.75) is 31.9 Å². The molecule has 4 aromatic heterocycles. The highest BCUT2D eigenvalue weighted by molar-refractivity contribution is 5.88. The highest BCUT2D eigenvalue weighted by Gasteiger charge is 2.31. The fourth-order valence-electron chi connectivity index (χ4n) is 3.64. The highest BCUT2D eigenvalue weighted by atomic mass is 16.5. The van der Waals surface area contributed by atoms with Gasteiger partial charge in [0.05, 0.1) is 48.6 Å². The molecule has 1 fully saturated rings. The zero-order valence-corrected chi connectivity index (χ0v) is 16.6. The number of hydrogen-bond donors (Lipinski definition) is 1. The maximum absolute atomic E-state index is 11.9. The molecule has 154 valence electrons. The molecule has 1 aliphatic rings. The van der Waals surface area contributed by atoms with E-state index >= 15 is 0 Å². The van der Waals surface area contributed by atoms with Crippen molar-refractivity contribution in [1.29, 1.82) is 0 Å². The van der Waals surface area contributed by atoms with Crippen LogP contribution >= 0.6 is 0 Å². The molecule has 0 spiro atoms. The number of esters is 1. The number of aromatic nitrogens is 7. The zero-order valence-electron chi connectivity index (χ0n) is 16.6. The van der Waals surface area contributed by atoms with Crippen molar-refractivity contribution in [3.63, 3.8) is 0 Å². The monoisotopic (exact) mass is 407 g/mol. The molecule has 10 heteroatoms. The summed E-state index contributed by atoms with van der Waals surface area (Å²) in [5, 5.41) is 15.8. The smallest absolute Gasteiger partial charge is 0.356 e. The Kier molecular flexibility index (Phi) is 4.55. The van der Waals surface area contributed by atoms with Crippen molar-refractivity contribution in [3.05, 3.63) is 42.6 Å². The van der Waals surface area contributed by atoms with Gasteiger partial charge < -0.3 is 9.47 Å². The number of aromatic amines is 1. The lowest BCUT2D eigenvalue weighted by molar-refractivity contribution is 0.00250. The van der Waals surface area contributed by atoms with E-state index in [4.69, 9.17) is 14.5 Å². The van der Waals surface area contributed by atoms with Gasteiger partial charge in [-0.1, -0.05) is 0 Å². The third kappa shape index (κ3) is 3.14. The zero-order chi connectivity index (χ0) is 20.7. The number of H-pyrrole nitrogens is 1. The summed E-state index contributed by atoms with van der Waals surface area (Å²) in [5.74, 6) is -0.451. The van der Waals surface area contributed by atoms with Gasteiger partial charge >= 0.3 is 5.97 Å². The molecule has 30 heavy (non-hydrogen) atoms. The fourth-order valence-corrected chi connectivity index (χ4v) is 3.64. The molecule has 1 N–H and O–H groups in total. The molecule has 4 aromatic rings. The second-order valence-electron chi connectivity index (χ2n) is 7.22. The predicted octanol–water partition coefficient (Wildman–Crippen LogP) is 2.51. The number of carbonyl (C=O) groups excluding carboxylic acids is 1. The van der Waals surface area contributed by atoms with Gasteiger partial charge in [0.1, 0.15) is 17.1 Å². The van der Waals surface area contributed by atoms with Crippen LogP contribution in [0.2, 0.25) is 0 Å². The number of ether oxygens (including phenoxy) is 2. The van der Waals surface area contributed by atoms with E-state index in [0.29, 0.717) is 30.1 Å². The molecular weight excluding hydrogens is 386 g/mol. The quantitative estimate of drug-likeness (QED) is 0.489. The van der Waals surface area contributed by atoms with E-state index in [1.807, 2.05) is 23.1 Å². The third-order valence-corrected chi connectivity index (χ3v) is 5.38. The number of carbonyl (C=O) groups is 1. The van der Waals surface area contributed by atoms with Crippen LogP contribution in [0.25, 0.3) is 28.2 Å². The molecule has 10 nitrogen and oxygen atoms in total. The minimum atomic E-state index is -0.451. The van der Waals surface area contributed by atoms with E-state index in [9.17, 15) is 4.79 Å². The summed E-state index contributed by atoms with van der Waals surface area (Å²) in [5.41, 5.74) is 3.91. The van der Waals surface area contributed by atoms with Gasteiger partial charge in [-0.15, -0.1) is 0 Å². The number of nitrogens with zero attached hydrogens (tertiary/aromatic N) is 6. The van der Waals surface area contributed by atoms with Crippen LogP contribution in [0.5, 0.6) is 0 Å². The number of fused-ring (bicyclic) bond motifs is 1. The first-order valence-corrected chi connectivity index (χ1v) is 9.81. The average Bonchev–Trinajstić information content (AvgIpc) is 3.46. The van der Waals surface area contributed by atoms with E-state index in [1.54, 1.807) is 37.0 Å². The van der Waals surface area contributed by atoms with E-state index in [0.717, 1.165) is 29.6 Å². The summed E-state index contributed by atoms with van der Waals surface area (Å²) in [7, 11) is 1.74. The van der Waals surface area contributed by atoms with Gasteiger partial charge in [0.25, 0.3) is 0 Å². The Balaban J connectivity index is 1.50. The van der Waals surface area contributed by atoms with Crippen LogP contribution in [0.3, 0.4) is 0 Å². The summed E-state index contributed by atoms with van der Waals surface area (Å²) in [6.07, 6.45) is 9.53. The van der Waals surface area contributed by atoms with Crippen LogP contribution in [0.4, 0.5) is 0 Å². The molecular formula is C20H21N7O3. The maximum atomic E-state index is 11.9. The minimum Gasteiger partial charge on any atom is -0.461 e. The number of methoxy groups -OCH3 is 1. The van der Waals surface area contributed by atoms with Crippen LogP contribution in [0.15, 0.2) is 36.9 Å². The Hall–Kier alpha value is -3.53. The average molecular weight is 407 g/mol. The van der Waals surface area contributed by atoms with Crippen LogP contribution < -0.4 is 0 Å². The molecule has 0 bridgehead atoms. The van der Waals surface area contributed by atoms with Crippen LogP contribution in [0.1, 0.15) is 36.3 Å². The maximum Gasteiger partial charge on any atom is 0.356 e. The molecule has 4 heterocycles. The molecule has 0 saturated heterocycles. The topological polar surface area (TPSA) is 112 Å². The lowest BCUT2D eigenvalue weighted by Crippen LogP contribution is -2.32. The number of nitrogens with one attached hydrogen (secondary N) is 1. The van der Waals surface area contributed by atoms with Crippen LogP contribution in [0, 0.1) is 0 Å². The van der Waals surface area contributed by atoms with E-state index in [1.165, 1.54) is 0 Å². The summed E-state index contributed by atoms with van der Waals surface area (Å²) in [4.78, 5) is 16.7. The summed E-state index contributed by atoms with van der Waals surface area (Å²) < 4.78 is 14.1. The molecule has 0 amide bonds. The second-order valence-corrected chi connectivity index (χ2v) is 7.22. The largest absolute Gasteiger partial charge is 0.461 e. The molecule has 0 atom stereocenters. The van der Waals surface area contributed by atoms with Crippen molar-refractivity contribution in [3.8, 4) is 22.6 Å². The van der Waals surface area contributed by atoms with E-state index in [-0.39, 0.29) is 5.69 Å². The van der Waals surface area contributed by atoms with E-state index in [2.05, 4.69) is 20.4 Å². The molecule has 0 aliphatic heterocycles. The van der Waals surface area contributed by atoms with Crippen molar-refractivity contribution in [2.24, 2.45) is 0 Å². The van der Waals surface area contributed by atoms with Gasteiger partial charge in [-0.3, -0.25) is 9.78 Å². The van der Waals surface area contributed by atoms with Crippen LogP contribution in [-0.4, -0.2) is 60.4 Å². The lowest BCUT2D eigenvalue weighted by Gasteiger charge is -2.34. The number of hydrogen-bond acceptors (Lipinski definition) is 7. The van der Waals surface area contributed by atoms with E-state index < -0.39 is 5.97 Å². The van der Waals surface area contributed by atoms with Crippen LogP contribution in [-0.2, 0) is 9.47 Å². The molecule has 1 aliphatic carbocycles. The van der Waals surface area contributed by atoms with Gasteiger partial charge in [0, 0.05) is 24.9 Å². The Morgan fingerprint density at radius 3 is 2.93 bits per heavy atom. The van der Waals surface area contributed by atoms with Crippen molar-refractivity contribution >= 4 is 11.5 Å². The lowest BCUT2D eigenvalue weighted by atomic mass is 9.89. The van der Waals surface area contributed by atoms with Gasteiger partial charge in [-0.2, -0.15) is 15.3 Å². The Bertz CT molecular complexity index is 1200. The molecule has 0 unspecified atom stereocenters. The Morgan fingerprint density at radius 2 is 2.13 bits per heavy atom.